The van der Waals surface area contributed by atoms with Gasteiger partial charge in [-0.3, -0.25) is 18.4 Å². The highest BCUT2D eigenvalue weighted by atomic mass is 31.2. The topological polar surface area (TPSA) is 119 Å². The van der Waals surface area contributed by atoms with E-state index in [0.29, 0.717) is 19.6 Å². The summed E-state index contributed by atoms with van der Waals surface area (Å²) in [4.78, 5) is 22.5. The minimum atomic E-state index is -3.84. The van der Waals surface area contributed by atoms with Crippen LogP contribution in [0.3, 0.4) is 0 Å². The van der Waals surface area contributed by atoms with Crippen molar-refractivity contribution >= 4 is 19.9 Å². The van der Waals surface area contributed by atoms with Crippen LogP contribution < -0.4 is 5.32 Å². The molecule has 0 aromatic heterocycles. The molecule has 0 saturated carbocycles. The first-order valence-electron chi connectivity index (χ1n) is 10.2. The van der Waals surface area contributed by atoms with Crippen LogP contribution in [-0.4, -0.2) is 63.3 Å². The van der Waals surface area contributed by atoms with Gasteiger partial charge in [-0.25, -0.2) is 9.36 Å². The number of alkyl carbamates (subject to hydrolysis) is 1. The van der Waals surface area contributed by atoms with Gasteiger partial charge >= 0.3 is 19.9 Å². The van der Waals surface area contributed by atoms with Crippen LogP contribution in [0, 0.1) is 5.92 Å². The highest BCUT2D eigenvalue weighted by Crippen LogP contribution is 2.49. The van der Waals surface area contributed by atoms with Crippen LogP contribution >= 0.6 is 7.82 Å². The summed E-state index contributed by atoms with van der Waals surface area (Å²) in [5, 5.41) is 2.50. The first-order valence-corrected chi connectivity index (χ1v) is 11.7. The Hall–Kier alpha value is -1.45. The van der Waals surface area contributed by atoms with E-state index in [4.69, 9.17) is 27.8 Å². The van der Waals surface area contributed by atoms with Crippen LogP contribution in [0.4, 0.5) is 4.79 Å². The normalized spacial score (nSPS) is 15.4. The van der Waals surface area contributed by atoms with Gasteiger partial charge in [0.05, 0.1) is 33.0 Å². The molecule has 1 unspecified atom stereocenters. The van der Waals surface area contributed by atoms with Crippen molar-refractivity contribution < 1.29 is 41.9 Å². The fourth-order valence-corrected chi connectivity index (χ4v) is 3.29. The second-order valence-electron chi connectivity index (χ2n) is 7.98. The monoisotopic (exact) mass is 467 g/mol. The zero-order valence-electron chi connectivity index (χ0n) is 19.5. The fourth-order valence-electron chi connectivity index (χ4n) is 2.02. The van der Waals surface area contributed by atoms with Crippen LogP contribution in [0.1, 0.15) is 48.0 Å². The number of rotatable bonds is 16. The van der Waals surface area contributed by atoms with Gasteiger partial charge in [0.2, 0.25) is 0 Å². The minimum Gasteiger partial charge on any atom is -0.463 e. The number of esters is 1. The molecule has 0 fully saturated rings. The molecular formula is C20H38NO9P. The summed E-state index contributed by atoms with van der Waals surface area (Å²) < 4.78 is 44.2. The number of nitrogens with one attached hydrogen (secondary N) is 1. The van der Waals surface area contributed by atoms with E-state index >= 15 is 0 Å². The maximum absolute atomic E-state index is 12.7. The van der Waals surface area contributed by atoms with E-state index in [1.54, 1.807) is 27.7 Å². The Morgan fingerprint density at radius 2 is 1.77 bits per heavy atom. The van der Waals surface area contributed by atoms with Crippen molar-refractivity contribution in [1.29, 1.82) is 0 Å². The molecule has 31 heavy (non-hydrogen) atoms. The third-order valence-electron chi connectivity index (χ3n) is 3.33. The molecule has 10 nitrogen and oxygen atoms in total. The van der Waals surface area contributed by atoms with Crippen molar-refractivity contribution in [2.75, 3.05) is 39.6 Å². The average molecular weight is 467 g/mol. The van der Waals surface area contributed by atoms with Gasteiger partial charge in [-0.15, -0.1) is 6.58 Å². The molecule has 1 amide bonds. The van der Waals surface area contributed by atoms with Crippen LogP contribution in [0.15, 0.2) is 12.7 Å². The molecule has 182 valence electrons. The SMILES string of the molecule is C=CCOP(=O)(OCCNC(=O)OC(C)(C)C)OC[C@H](C)COCC[C@@H](C)OC(C)=O. The molecule has 0 bridgehead atoms. The Kier molecular flexibility index (Phi) is 14.6. The fraction of sp³-hybridized carbons (Fsp3) is 0.800. The van der Waals surface area contributed by atoms with Crippen LogP contribution in [0.5, 0.6) is 0 Å². The lowest BCUT2D eigenvalue weighted by Gasteiger charge is -2.21. The van der Waals surface area contributed by atoms with E-state index in [-0.39, 0.29) is 44.4 Å². The van der Waals surface area contributed by atoms with Crippen LogP contribution in [-0.2, 0) is 37.1 Å². The number of phosphoric acid groups is 1. The molecule has 0 saturated heterocycles. The van der Waals surface area contributed by atoms with Crippen molar-refractivity contribution in [1.82, 2.24) is 5.32 Å². The molecule has 11 heteroatoms. The van der Waals surface area contributed by atoms with E-state index < -0.39 is 19.5 Å². The first-order chi connectivity index (χ1) is 14.4. The summed E-state index contributed by atoms with van der Waals surface area (Å²) in [5.41, 5.74) is -0.618. The zero-order valence-corrected chi connectivity index (χ0v) is 20.4. The predicted octanol–water partition coefficient (Wildman–Crippen LogP) is 3.85. The van der Waals surface area contributed by atoms with Crippen molar-refractivity contribution in [2.24, 2.45) is 5.92 Å². The summed E-state index contributed by atoms with van der Waals surface area (Å²) in [6, 6.07) is 0. The number of carbonyl (C=O) groups is 2. The molecule has 0 spiro atoms. The van der Waals surface area contributed by atoms with Gasteiger partial charge in [-0.2, -0.15) is 0 Å². The maximum Gasteiger partial charge on any atom is 0.475 e. The molecule has 0 radical (unpaired) electrons. The largest absolute Gasteiger partial charge is 0.475 e. The molecule has 0 aliphatic carbocycles. The number of hydrogen-bond donors (Lipinski definition) is 1. The average Bonchev–Trinajstić information content (AvgIpc) is 2.64. The minimum absolute atomic E-state index is 0.0182. The van der Waals surface area contributed by atoms with Crippen molar-refractivity contribution in [3.8, 4) is 0 Å². The summed E-state index contributed by atoms with van der Waals surface area (Å²) in [6.07, 6.45) is 1.17. The van der Waals surface area contributed by atoms with Gasteiger partial charge in [0.15, 0.2) is 0 Å². The lowest BCUT2D eigenvalue weighted by molar-refractivity contribution is -0.146. The van der Waals surface area contributed by atoms with E-state index in [1.807, 2.05) is 6.92 Å². The first kappa shape index (κ1) is 29.5. The van der Waals surface area contributed by atoms with E-state index in [9.17, 15) is 14.2 Å². The van der Waals surface area contributed by atoms with Crippen molar-refractivity contribution in [3.05, 3.63) is 12.7 Å². The second-order valence-corrected chi connectivity index (χ2v) is 9.65. The Bertz CT molecular complexity index is 592. The molecular weight excluding hydrogens is 429 g/mol. The number of amides is 1. The lowest BCUT2D eigenvalue weighted by Crippen LogP contribution is -2.34. The third kappa shape index (κ3) is 17.9. The Labute approximate surface area is 185 Å². The smallest absolute Gasteiger partial charge is 0.463 e. The van der Waals surface area contributed by atoms with E-state index in [2.05, 4.69) is 11.9 Å². The highest BCUT2D eigenvalue weighted by Gasteiger charge is 2.27. The van der Waals surface area contributed by atoms with Gasteiger partial charge in [0, 0.05) is 25.8 Å². The molecule has 0 heterocycles. The summed E-state index contributed by atoms with van der Waals surface area (Å²) >= 11 is 0. The molecule has 3 atom stereocenters. The molecule has 0 aromatic rings. The van der Waals surface area contributed by atoms with Crippen molar-refractivity contribution in [3.63, 3.8) is 0 Å². The summed E-state index contributed by atoms with van der Waals surface area (Å²) in [7, 11) is -3.84. The molecule has 1 N–H and O–H groups in total. The van der Waals surface area contributed by atoms with Crippen molar-refractivity contribution in [2.45, 2.75) is 59.7 Å². The van der Waals surface area contributed by atoms with E-state index in [0.717, 1.165) is 0 Å². The molecule has 0 aromatic carbocycles. The van der Waals surface area contributed by atoms with E-state index in [1.165, 1.54) is 13.0 Å². The Morgan fingerprint density at radius 3 is 2.35 bits per heavy atom. The van der Waals surface area contributed by atoms with Crippen LogP contribution in [0.25, 0.3) is 0 Å². The Morgan fingerprint density at radius 1 is 1.10 bits per heavy atom. The number of hydrogen-bond acceptors (Lipinski definition) is 9. The number of carbonyl (C=O) groups excluding carboxylic acids is 2. The standard InChI is InChI=1S/C20H38NO9P/c1-8-11-26-31(24,27-13-10-21-19(23)30-20(5,6)7)28-15-16(2)14-25-12-9-17(3)29-18(4)22/h8,16-17H,1,9-15H2,2-7H3,(H,21,23)/t16-,17-,31?/m1/s1. The van der Waals surface area contributed by atoms with Gasteiger partial charge in [0.1, 0.15) is 11.7 Å². The van der Waals surface area contributed by atoms with Gasteiger partial charge < -0.3 is 19.5 Å². The Balaban J connectivity index is 4.28. The molecule has 0 aliphatic heterocycles. The third-order valence-corrected chi connectivity index (χ3v) is 4.75. The lowest BCUT2D eigenvalue weighted by atomic mass is 10.2. The number of phosphoric ester groups is 1. The maximum atomic E-state index is 12.7. The zero-order chi connectivity index (χ0) is 23.9. The summed E-state index contributed by atoms with van der Waals surface area (Å²) in [5.74, 6) is -0.418. The highest BCUT2D eigenvalue weighted by molar-refractivity contribution is 7.48. The molecule has 0 rings (SSSR count). The molecule has 0 aliphatic rings. The van der Waals surface area contributed by atoms with Gasteiger partial charge in [0.25, 0.3) is 0 Å². The second kappa shape index (κ2) is 15.4. The van der Waals surface area contributed by atoms with Gasteiger partial charge in [-0.05, 0) is 27.7 Å². The number of ether oxygens (including phenoxy) is 3. The quantitative estimate of drug-likeness (QED) is 0.156. The summed E-state index contributed by atoms with van der Waals surface area (Å²) in [6.45, 7) is 14.6. The van der Waals surface area contributed by atoms with Crippen LogP contribution in [0.2, 0.25) is 0 Å². The van der Waals surface area contributed by atoms with Gasteiger partial charge in [-0.1, -0.05) is 13.0 Å². The predicted molar refractivity (Wildman–Crippen MR) is 116 cm³/mol.